The van der Waals surface area contributed by atoms with Gasteiger partial charge in [0.05, 0.1) is 0 Å². The van der Waals surface area contributed by atoms with Gasteiger partial charge >= 0.3 is 5.97 Å². The maximum Gasteiger partial charge on any atom is 0.308 e. The standard InChI is InChI=1S/C11H9ClO3/c1-8(14)15-11(7-13)6-9-2-4-10(12)5-3-9/h2-7H,1H3/b11-6-. The molecule has 0 radical (unpaired) electrons. The molecule has 0 aliphatic rings. The molecule has 1 aromatic carbocycles. The fourth-order valence-corrected chi connectivity index (χ4v) is 1.10. The number of hydrogen-bond donors (Lipinski definition) is 0. The molecule has 0 saturated heterocycles. The average molecular weight is 225 g/mol. The van der Waals surface area contributed by atoms with Crippen LogP contribution in [0.1, 0.15) is 12.5 Å². The summed E-state index contributed by atoms with van der Waals surface area (Å²) in [5, 5.41) is 0.604. The van der Waals surface area contributed by atoms with Crippen LogP contribution in [0, 0.1) is 0 Å². The fraction of sp³-hybridized carbons (Fsp3) is 0.0909. The Morgan fingerprint density at radius 3 is 2.40 bits per heavy atom. The van der Waals surface area contributed by atoms with Crippen LogP contribution in [0.4, 0.5) is 0 Å². The molecule has 1 rings (SSSR count). The van der Waals surface area contributed by atoms with Gasteiger partial charge in [0, 0.05) is 11.9 Å². The Morgan fingerprint density at radius 1 is 1.33 bits per heavy atom. The fourth-order valence-electron chi connectivity index (χ4n) is 0.977. The largest absolute Gasteiger partial charge is 0.423 e. The van der Waals surface area contributed by atoms with E-state index in [1.807, 2.05) is 0 Å². The topological polar surface area (TPSA) is 43.4 Å². The van der Waals surface area contributed by atoms with E-state index in [0.717, 1.165) is 5.56 Å². The van der Waals surface area contributed by atoms with Crippen molar-refractivity contribution in [3.8, 4) is 0 Å². The molecule has 0 unspecified atom stereocenters. The van der Waals surface area contributed by atoms with E-state index in [9.17, 15) is 9.59 Å². The highest BCUT2D eigenvalue weighted by atomic mass is 35.5. The highest BCUT2D eigenvalue weighted by Crippen LogP contribution is 2.12. The number of halogens is 1. The van der Waals surface area contributed by atoms with Crippen molar-refractivity contribution in [2.24, 2.45) is 0 Å². The molecule has 0 fully saturated rings. The molecule has 0 atom stereocenters. The SMILES string of the molecule is CC(=O)O/C(C=O)=C\c1ccc(Cl)cc1. The lowest BCUT2D eigenvalue weighted by Gasteiger charge is -1.99. The molecular weight excluding hydrogens is 216 g/mol. The van der Waals surface area contributed by atoms with Gasteiger partial charge in [0.2, 0.25) is 0 Å². The van der Waals surface area contributed by atoms with Crippen LogP contribution in [-0.2, 0) is 14.3 Å². The highest BCUT2D eigenvalue weighted by Gasteiger charge is 2.00. The Balaban J connectivity index is 2.87. The first kappa shape index (κ1) is 11.5. The zero-order valence-electron chi connectivity index (χ0n) is 8.07. The summed E-state index contributed by atoms with van der Waals surface area (Å²) in [5.41, 5.74) is 0.739. The first-order valence-electron chi connectivity index (χ1n) is 4.22. The Labute approximate surface area is 92.3 Å². The normalized spacial score (nSPS) is 10.9. The van der Waals surface area contributed by atoms with Crippen LogP contribution >= 0.6 is 11.6 Å². The molecule has 15 heavy (non-hydrogen) atoms. The second-order valence-corrected chi connectivity index (χ2v) is 3.25. The van der Waals surface area contributed by atoms with Gasteiger partial charge in [-0.15, -0.1) is 0 Å². The van der Waals surface area contributed by atoms with E-state index in [2.05, 4.69) is 4.74 Å². The molecule has 0 N–H and O–H groups in total. The summed E-state index contributed by atoms with van der Waals surface area (Å²) in [6.45, 7) is 1.24. The van der Waals surface area contributed by atoms with E-state index in [-0.39, 0.29) is 5.76 Å². The Morgan fingerprint density at radius 2 is 1.93 bits per heavy atom. The van der Waals surface area contributed by atoms with Crippen molar-refractivity contribution < 1.29 is 14.3 Å². The zero-order chi connectivity index (χ0) is 11.3. The van der Waals surface area contributed by atoms with Crippen molar-refractivity contribution in [3.63, 3.8) is 0 Å². The predicted molar refractivity (Wildman–Crippen MR) is 57.3 cm³/mol. The van der Waals surface area contributed by atoms with E-state index >= 15 is 0 Å². The summed E-state index contributed by atoms with van der Waals surface area (Å²) in [6, 6.07) is 6.80. The first-order valence-corrected chi connectivity index (χ1v) is 4.60. The Bertz CT molecular complexity index is 393. The average Bonchev–Trinajstić information content (AvgIpc) is 2.19. The van der Waals surface area contributed by atoms with Gasteiger partial charge in [-0.05, 0) is 23.8 Å². The summed E-state index contributed by atoms with van der Waals surface area (Å²) in [5.74, 6) is -0.549. The maximum atomic E-state index is 10.6. The van der Waals surface area contributed by atoms with Crippen LogP contribution in [0.2, 0.25) is 5.02 Å². The Kier molecular flexibility index (Phi) is 4.06. The van der Waals surface area contributed by atoms with Gasteiger partial charge in [-0.3, -0.25) is 9.59 Å². The number of rotatable bonds is 3. The number of ether oxygens (including phenoxy) is 1. The molecule has 1 aromatic rings. The molecule has 0 bridgehead atoms. The minimum Gasteiger partial charge on any atom is -0.423 e. The minimum absolute atomic E-state index is 0.0233. The number of esters is 1. The van der Waals surface area contributed by atoms with Crippen molar-refractivity contribution in [3.05, 3.63) is 40.6 Å². The first-order chi connectivity index (χ1) is 7.11. The van der Waals surface area contributed by atoms with Gasteiger partial charge in [0.25, 0.3) is 0 Å². The predicted octanol–water partition coefficient (Wildman–Crippen LogP) is 2.44. The van der Waals surface area contributed by atoms with Crippen LogP contribution < -0.4 is 0 Å². The summed E-state index contributed by atoms with van der Waals surface area (Å²) >= 11 is 5.69. The lowest BCUT2D eigenvalue weighted by atomic mass is 10.2. The Hall–Kier alpha value is -1.61. The number of carbonyl (C=O) groups is 2. The van der Waals surface area contributed by atoms with Crippen LogP contribution in [0.3, 0.4) is 0 Å². The molecule has 3 nitrogen and oxygen atoms in total. The summed E-state index contributed by atoms with van der Waals surface area (Å²) < 4.78 is 4.65. The second kappa shape index (κ2) is 5.32. The quantitative estimate of drug-likeness (QED) is 0.343. The van der Waals surface area contributed by atoms with Gasteiger partial charge < -0.3 is 4.74 Å². The molecule has 0 heterocycles. The lowest BCUT2D eigenvalue weighted by molar-refractivity contribution is -0.138. The van der Waals surface area contributed by atoms with Crippen LogP contribution in [0.5, 0.6) is 0 Å². The molecule has 78 valence electrons. The number of benzene rings is 1. The highest BCUT2D eigenvalue weighted by molar-refractivity contribution is 6.30. The molecule has 4 heteroatoms. The summed E-state index contributed by atoms with van der Waals surface area (Å²) in [7, 11) is 0. The molecule has 0 aromatic heterocycles. The zero-order valence-corrected chi connectivity index (χ0v) is 8.82. The van der Waals surface area contributed by atoms with Crippen LogP contribution in [0.25, 0.3) is 6.08 Å². The number of hydrogen-bond acceptors (Lipinski definition) is 3. The van der Waals surface area contributed by atoms with E-state index in [4.69, 9.17) is 11.6 Å². The third kappa shape index (κ3) is 3.95. The second-order valence-electron chi connectivity index (χ2n) is 2.81. The van der Waals surface area contributed by atoms with Crippen molar-refractivity contribution >= 4 is 29.9 Å². The molecule has 0 saturated carbocycles. The summed E-state index contributed by atoms with van der Waals surface area (Å²) in [4.78, 5) is 21.2. The molecule has 0 aliphatic heterocycles. The monoisotopic (exact) mass is 224 g/mol. The van der Waals surface area contributed by atoms with Crippen LogP contribution in [0.15, 0.2) is 30.0 Å². The number of aldehydes is 1. The summed E-state index contributed by atoms with van der Waals surface area (Å²) in [6.07, 6.45) is 1.95. The van der Waals surface area contributed by atoms with Gasteiger partial charge in [-0.25, -0.2) is 0 Å². The molecular formula is C11H9ClO3. The van der Waals surface area contributed by atoms with Gasteiger partial charge in [-0.1, -0.05) is 23.7 Å². The van der Waals surface area contributed by atoms with E-state index < -0.39 is 5.97 Å². The van der Waals surface area contributed by atoms with Crippen LogP contribution in [-0.4, -0.2) is 12.3 Å². The van der Waals surface area contributed by atoms with E-state index in [1.54, 1.807) is 24.3 Å². The molecule has 0 aliphatic carbocycles. The van der Waals surface area contributed by atoms with E-state index in [1.165, 1.54) is 13.0 Å². The van der Waals surface area contributed by atoms with Crippen molar-refractivity contribution in [1.82, 2.24) is 0 Å². The number of carbonyl (C=O) groups excluding carboxylic acids is 2. The smallest absolute Gasteiger partial charge is 0.308 e. The third-order valence-electron chi connectivity index (χ3n) is 1.56. The van der Waals surface area contributed by atoms with E-state index in [0.29, 0.717) is 11.3 Å². The molecule has 0 spiro atoms. The maximum absolute atomic E-state index is 10.6. The lowest BCUT2D eigenvalue weighted by Crippen LogP contribution is -1.99. The van der Waals surface area contributed by atoms with Gasteiger partial charge in [0.1, 0.15) is 0 Å². The molecule has 0 amide bonds. The van der Waals surface area contributed by atoms with Crippen molar-refractivity contribution in [2.45, 2.75) is 6.92 Å². The third-order valence-corrected chi connectivity index (χ3v) is 1.81. The number of allylic oxidation sites excluding steroid dienone is 1. The minimum atomic E-state index is -0.526. The van der Waals surface area contributed by atoms with Gasteiger partial charge in [0.15, 0.2) is 12.0 Å². The van der Waals surface area contributed by atoms with Crippen molar-refractivity contribution in [2.75, 3.05) is 0 Å². The van der Waals surface area contributed by atoms with Gasteiger partial charge in [-0.2, -0.15) is 0 Å². The van der Waals surface area contributed by atoms with Crippen molar-refractivity contribution in [1.29, 1.82) is 0 Å².